The summed E-state index contributed by atoms with van der Waals surface area (Å²) in [6.45, 7) is 6.99. The van der Waals surface area contributed by atoms with Crippen molar-refractivity contribution in [2.45, 2.75) is 43.3 Å². The third-order valence-electron chi connectivity index (χ3n) is 4.75. The SMILES string of the molecule is CCNC(=NCCCSc1ccc(F)cc1)N1CCOC(C2CCCO2)C1. The predicted molar refractivity (Wildman–Crippen MR) is 108 cm³/mol. The number of aliphatic imine (C=N–C) groups is 1. The van der Waals surface area contributed by atoms with Crippen LogP contribution in [-0.4, -0.2) is 68.2 Å². The van der Waals surface area contributed by atoms with Gasteiger partial charge in [-0.3, -0.25) is 4.99 Å². The van der Waals surface area contributed by atoms with Crippen LogP contribution in [0.15, 0.2) is 34.2 Å². The van der Waals surface area contributed by atoms with Gasteiger partial charge in [-0.2, -0.15) is 0 Å². The first-order valence-electron chi connectivity index (χ1n) is 9.91. The molecule has 2 unspecified atom stereocenters. The molecule has 0 radical (unpaired) electrons. The number of halogens is 1. The summed E-state index contributed by atoms with van der Waals surface area (Å²) in [5, 5.41) is 3.41. The van der Waals surface area contributed by atoms with Gasteiger partial charge in [0, 0.05) is 37.7 Å². The summed E-state index contributed by atoms with van der Waals surface area (Å²) >= 11 is 1.74. The van der Waals surface area contributed by atoms with Crippen molar-refractivity contribution in [3.05, 3.63) is 30.1 Å². The first-order chi connectivity index (χ1) is 13.3. The van der Waals surface area contributed by atoms with Gasteiger partial charge in [0.1, 0.15) is 11.9 Å². The van der Waals surface area contributed by atoms with Gasteiger partial charge in [0.2, 0.25) is 0 Å². The maximum absolute atomic E-state index is 12.9. The minimum Gasteiger partial charge on any atom is -0.375 e. The number of guanidine groups is 1. The number of ether oxygens (including phenoxy) is 2. The Morgan fingerprint density at radius 2 is 2.07 bits per heavy atom. The van der Waals surface area contributed by atoms with Crippen molar-refractivity contribution >= 4 is 17.7 Å². The Morgan fingerprint density at radius 3 is 2.81 bits per heavy atom. The minimum absolute atomic E-state index is 0.138. The van der Waals surface area contributed by atoms with E-state index in [0.717, 1.165) is 75.3 Å². The lowest BCUT2D eigenvalue weighted by Crippen LogP contribution is -2.53. The van der Waals surface area contributed by atoms with Gasteiger partial charge in [-0.15, -0.1) is 11.8 Å². The largest absolute Gasteiger partial charge is 0.375 e. The normalized spacial score (nSPS) is 23.6. The molecule has 1 aromatic carbocycles. The van der Waals surface area contributed by atoms with Crippen molar-refractivity contribution in [1.29, 1.82) is 0 Å². The average Bonchev–Trinajstić information content (AvgIpc) is 3.23. The standard InChI is InChI=1S/C20H30FN3O2S/c1-2-22-20(23-10-4-14-27-17-8-6-16(21)7-9-17)24-11-13-26-19(15-24)18-5-3-12-25-18/h6-9,18-19H,2-5,10-15H2,1H3,(H,22,23). The highest BCUT2D eigenvalue weighted by atomic mass is 32.2. The summed E-state index contributed by atoms with van der Waals surface area (Å²) in [5.41, 5.74) is 0. The molecule has 0 bridgehead atoms. The summed E-state index contributed by atoms with van der Waals surface area (Å²) in [4.78, 5) is 8.20. The molecular formula is C20H30FN3O2S. The fourth-order valence-electron chi connectivity index (χ4n) is 3.38. The quantitative estimate of drug-likeness (QED) is 0.333. The molecule has 7 heteroatoms. The molecule has 1 aromatic rings. The van der Waals surface area contributed by atoms with Crippen molar-refractivity contribution in [1.82, 2.24) is 10.2 Å². The molecule has 27 heavy (non-hydrogen) atoms. The van der Waals surface area contributed by atoms with Crippen LogP contribution in [0.3, 0.4) is 0 Å². The highest BCUT2D eigenvalue weighted by Crippen LogP contribution is 2.21. The monoisotopic (exact) mass is 395 g/mol. The van der Waals surface area contributed by atoms with Gasteiger partial charge in [-0.25, -0.2) is 4.39 Å². The zero-order valence-corrected chi connectivity index (χ0v) is 16.8. The molecule has 0 spiro atoms. The van der Waals surface area contributed by atoms with Crippen LogP contribution in [0.4, 0.5) is 4.39 Å². The molecule has 150 valence electrons. The van der Waals surface area contributed by atoms with Gasteiger partial charge in [0.25, 0.3) is 0 Å². The summed E-state index contributed by atoms with van der Waals surface area (Å²) in [6.07, 6.45) is 3.56. The van der Waals surface area contributed by atoms with Crippen LogP contribution in [0, 0.1) is 5.82 Å². The Kier molecular flexibility index (Phi) is 8.23. The number of thioether (sulfide) groups is 1. The van der Waals surface area contributed by atoms with Crippen molar-refractivity contribution in [2.75, 3.05) is 45.1 Å². The van der Waals surface area contributed by atoms with Gasteiger partial charge in [0.05, 0.1) is 12.7 Å². The third kappa shape index (κ3) is 6.36. The second-order valence-electron chi connectivity index (χ2n) is 6.80. The number of morpholine rings is 1. The maximum atomic E-state index is 12.9. The Bertz CT molecular complexity index is 593. The van der Waals surface area contributed by atoms with Gasteiger partial charge >= 0.3 is 0 Å². The molecule has 2 saturated heterocycles. The summed E-state index contributed by atoms with van der Waals surface area (Å²) in [5.74, 6) is 1.75. The first-order valence-corrected chi connectivity index (χ1v) is 10.9. The molecule has 2 aliphatic heterocycles. The van der Waals surface area contributed by atoms with Gasteiger partial charge in [-0.1, -0.05) is 0 Å². The topological polar surface area (TPSA) is 46.1 Å². The van der Waals surface area contributed by atoms with Crippen LogP contribution >= 0.6 is 11.8 Å². The zero-order chi connectivity index (χ0) is 18.9. The van der Waals surface area contributed by atoms with Crippen LogP contribution < -0.4 is 5.32 Å². The first kappa shape index (κ1) is 20.4. The molecule has 2 heterocycles. The number of rotatable bonds is 7. The smallest absolute Gasteiger partial charge is 0.194 e. The second-order valence-corrected chi connectivity index (χ2v) is 7.97. The average molecular weight is 396 g/mol. The van der Waals surface area contributed by atoms with E-state index in [1.54, 1.807) is 11.8 Å². The van der Waals surface area contributed by atoms with E-state index >= 15 is 0 Å². The van der Waals surface area contributed by atoms with E-state index in [4.69, 9.17) is 14.5 Å². The van der Waals surface area contributed by atoms with Crippen LogP contribution in [0.5, 0.6) is 0 Å². The summed E-state index contributed by atoms with van der Waals surface area (Å²) in [7, 11) is 0. The molecule has 1 N–H and O–H groups in total. The minimum atomic E-state index is -0.189. The second kappa shape index (κ2) is 10.9. The van der Waals surface area contributed by atoms with Crippen LogP contribution in [0.25, 0.3) is 0 Å². The molecule has 3 rings (SSSR count). The van der Waals surface area contributed by atoms with E-state index in [1.165, 1.54) is 12.1 Å². The predicted octanol–water partition coefficient (Wildman–Crippen LogP) is 3.15. The Balaban J connectivity index is 1.46. The van der Waals surface area contributed by atoms with E-state index < -0.39 is 0 Å². The molecule has 0 aromatic heterocycles. The molecule has 0 saturated carbocycles. The number of hydrogen-bond acceptors (Lipinski definition) is 4. The van der Waals surface area contributed by atoms with E-state index in [9.17, 15) is 4.39 Å². The van der Waals surface area contributed by atoms with Crippen molar-refractivity contribution in [3.8, 4) is 0 Å². The van der Waals surface area contributed by atoms with Crippen LogP contribution in [0.2, 0.25) is 0 Å². The van der Waals surface area contributed by atoms with Gasteiger partial charge in [0.15, 0.2) is 5.96 Å². The zero-order valence-electron chi connectivity index (χ0n) is 16.0. The van der Waals surface area contributed by atoms with E-state index in [-0.39, 0.29) is 18.0 Å². The molecule has 5 nitrogen and oxygen atoms in total. The number of nitrogens with zero attached hydrogens (tertiary/aromatic N) is 2. The van der Waals surface area contributed by atoms with E-state index in [2.05, 4.69) is 17.1 Å². The highest BCUT2D eigenvalue weighted by molar-refractivity contribution is 7.99. The van der Waals surface area contributed by atoms with Crippen LogP contribution in [-0.2, 0) is 9.47 Å². The molecule has 2 atom stereocenters. The maximum Gasteiger partial charge on any atom is 0.194 e. The van der Waals surface area contributed by atoms with Gasteiger partial charge < -0.3 is 19.7 Å². The summed E-state index contributed by atoms with van der Waals surface area (Å²) in [6, 6.07) is 6.66. The molecule has 0 amide bonds. The highest BCUT2D eigenvalue weighted by Gasteiger charge is 2.32. The third-order valence-corrected chi connectivity index (χ3v) is 5.85. The van der Waals surface area contributed by atoms with Crippen molar-refractivity contribution < 1.29 is 13.9 Å². The number of benzene rings is 1. The number of hydrogen-bond donors (Lipinski definition) is 1. The molecule has 2 fully saturated rings. The molecule has 0 aliphatic carbocycles. The fourth-order valence-corrected chi connectivity index (χ4v) is 4.22. The van der Waals surface area contributed by atoms with Crippen LogP contribution in [0.1, 0.15) is 26.2 Å². The fraction of sp³-hybridized carbons (Fsp3) is 0.650. The Hall–Kier alpha value is -1.31. The lowest BCUT2D eigenvalue weighted by Gasteiger charge is -2.37. The lowest BCUT2D eigenvalue weighted by atomic mass is 10.1. The van der Waals surface area contributed by atoms with E-state index in [1.807, 2.05) is 12.1 Å². The lowest BCUT2D eigenvalue weighted by molar-refractivity contribution is -0.0817. The Labute approximate surface area is 165 Å². The van der Waals surface area contributed by atoms with E-state index in [0.29, 0.717) is 0 Å². The molecular weight excluding hydrogens is 365 g/mol. The Morgan fingerprint density at radius 1 is 1.26 bits per heavy atom. The molecule has 2 aliphatic rings. The van der Waals surface area contributed by atoms with Crippen molar-refractivity contribution in [2.24, 2.45) is 4.99 Å². The van der Waals surface area contributed by atoms with Gasteiger partial charge in [-0.05, 0) is 56.2 Å². The number of nitrogens with one attached hydrogen (secondary N) is 1. The van der Waals surface area contributed by atoms with Crippen molar-refractivity contribution in [3.63, 3.8) is 0 Å². The summed E-state index contributed by atoms with van der Waals surface area (Å²) < 4.78 is 24.7.